The van der Waals surface area contributed by atoms with E-state index in [0.29, 0.717) is 17.5 Å². The number of carbonyl (C=O) groups excluding carboxylic acids is 1. The SMILES string of the molecule is CNC(=O)CSc1nnnn1C[C@H]1CCCO1. The van der Waals surface area contributed by atoms with Gasteiger partial charge < -0.3 is 10.1 Å². The molecule has 1 saturated heterocycles. The summed E-state index contributed by atoms with van der Waals surface area (Å²) in [4.78, 5) is 11.1. The molecule has 1 fully saturated rings. The fraction of sp³-hybridized carbons (Fsp3) is 0.778. The zero-order valence-corrected chi connectivity index (χ0v) is 10.4. The fourth-order valence-corrected chi connectivity index (χ4v) is 2.36. The number of ether oxygens (including phenoxy) is 1. The van der Waals surface area contributed by atoms with E-state index in [1.165, 1.54) is 11.8 Å². The van der Waals surface area contributed by atoms with Crippen LogP contribution in [0.5, 0.6) is 0 Å². The Bertz CT molecular complexity index is 377. The molecule has 7 nitrogen and oxygen atoms in total. The van der Waals surface area contributed by atoms with E-state index in [4.69, 9.17) is 4.74 Å². The highest BCUT2D eigenvalue weighted by molar-refractivity contribution is 7.99. The van der Waals surface area contributed by atoms with Gasteiger partial charge in [0.05, 0.1) is 18.4 Å². The van der Waals surface area contributed by atoms with Crippen molar-refractivity contribution in [2.75, 3.05) is 19.4 Å². The van der Waals surface area contributed by atoms with Gasteiger partial charge in [0.25, 0.3) is 0 Å². The number of thioether (sulfide) groups is 1. The van der Waals surface area contributed by atoms with Crippen molar-refractivity contribution in [3.05, 3.63) is 0 Å². The Balaban J connectivity index is 1.89. The van der Waals surface area contributed by atoms with Crippen LogP contribution in [0.1, 0.15) is 12.8 Å². The topological polar surface area (TPSA) is 81.9 Å². The molecule has 0 bridgehead atoms. The molecule has 1 aliphatic rings. The van der Waals surface area contributed by atoms with Crippen molar-refractivity contribution in [1.82, 2.24) is 25.5 Å². The molecule has 2 rings (SSSR count). The van der Waals surface area contributed by atoms with Crippen LogP contribution >= 0.6 is 11.8 Å². The van der Waals surface area contributed by atoms with Gasteiger partial charge in [-0.3, -0.25) is 4.79 Å². The third-order valence-electron chi connectivity index (χ3n) is 2.51. The van der Waals surface area contributed by atoms with E-state index in [1.807, 2.05) is 0 Å². The predicted molar refractivity (Wildman–Crippen MR) is 61.6 cm³/mol. The molecule has 0 spiro atoms. The van der Waals surface area contributed by atoms with Crippen LogP contribution < -0.4 is 5.32 Å². The van der Waals surface area contributed by atoms with Gasteiger partial charge in [0.2, 0.25) is 11.1 Å². The molecule has 8 heteroatoms. The molecule has 17 heavy (non-hydrogen) atoms. The van der Waals surface area contributed by atoms with Gasteiger partial charge in [0.1, 0.15) is 0 Å². The number of aromatic nitrogens is 4. The summed E-state index contributed by atoms with van der Waals surface area (Å²) in [6.07, 6.45) is 2.32. The third-order valence-corrected chi connectivity index (χ3v) is 3.47. The van der Waals surface area contributed by atoms with Gasteiger partial charge in [-0.1, -0.05) is 11.8 Å². The first kappa shape index (κ1) is 12.3. The van der Waals surface area contributed by atoms with Crippen LogP contribution in [0.4, 0.5) is 0 Å². The second-order valence-corrected chi connectivity index (χ2v) is 4.68. The van der Waals surface area contributed by atoms with Crippen LogP contribution in [0.2, 0.25) is 0 Å². The lowest BCUT2D eigenvalue weighted by Crippen LogP contribution is -2.21. The molecule has 1 aromatic heterocycles. The highest BCUT2D eigenvalue weighted by Gasteiger charge is 2.19. The molecule has 1 aliphatic heterocycles. The second kappa shape index (κ2) is 5.97. The zero-order chi connectivity index (χ0) is 12.1. The summed E-state index contributed by atoms with van der Waals surface area (Å²) in [7, 11) is 1.61. The molecule has 0 aromatic carbocycles. The van der Waals surface area contributed by atoms with Gasteiger partial charge in [-0.05, 0) is 23.3 Å². The van der Waals surface area contributed by atoms with Crippen LogP contribution in [-0.4, -0.2) is 51.6 Å². The van der Waals surface area contributed by atoms with Crippen molar-refractivity contribution >= 4 is 17.7 Å². The molecular formula is C9H15N5O2S. The summed E-state index contributed by atoms with van der Waals surface area (Å²) in [5, 5.41) is 14.6. The lowest BCUT2D eigenvalue weighted by Gasteiger charge is -2.09. The summed E-state index contributed by atoms with van der Waals surface area (Å²) >= 11 is 1.33. The van der Waals surface area contributed by atoms with Gasteiger partial charge >= 0.3 is 0 Å². The number of carbonyl (C=O) groups is 1. The minimum Gasteiger partial charge on any atom is -0.376 e. The summed E-state index contributed by atoms with van der Waals surface area (Å²) in [6, 6.07) is 0. The first-order valence-corrected chi connectivity index (χ1v) is 6.49. The number of hydrogen-bond donors (Lipinski definition) is 1. The Hall–Kier alpha value is -1.15. The summed E-state index contributed by atoms with van der Waals surface area (Å²) in [5.41, 5.74) is 0. The first-order chi connectivity index (χ1) is 8.29. The van der Waals surface area contributed by atoms with Crippen molar-refractivity contribution in [2.24, 2.45) is 0 Å². The minimum atomic E-state index is -0.0401. The zero-order valence-electron chi connectivity index (χ0n) is 9.63. The van der Waals surface area contributed by atoms with Crippen LogP contribution in [-0.2, 0) is 16.1 Å². The van der Waals surface area contributed by atoms with Gasteiger partial charge in [0.15, 0.2) is 0 Å². The smallest absolute Gasteiger partial charge is 0.230 e. The molecule has 1 atom stereocenters. The minimum absolute atomic E-state index is 0.0401. The van der Waals surface area contributed by atoms with E-state index < -0.39 is 0 Å². The van der Waals surface area contributed by atoms with E-state index in [2.05, 4.69) is 20.8 Å². The highest BCUT2D eigenvalue weighted by Crippen LogP contribution is 2.17. The molecule has 0 saturated carbocycles. The number of rotatable bonds is 5. The first-order valence-electron chi connectivity index (χ1n) is 5.50. The van der Waals surface area contributed by atoms with Crippen molar-refractivity contribution in [3.63, 3.8) is 0 Å². The lowest BCUT2D eigenvalue weighted by atomic mass is 10.2. The van der Waals surface area contributed by atoms with E-state index in [1.54, 1.807) is 11.7 Å². The predicted octanol–water partition coefficient (Wildman–Crippen LogP) is -0.310. The van der Waals surface area contributed by atoms with Gasteiger partial charge in [-0.25, -0.2) is 4.68 Å². The molecule has 1 aromatic rings. The molecule has 0 unspecified atom stereocenters. The molecule has 1 amide bonds. The Kier molecular flexibility index (Phi) is 4.32. The maximum absolute atomic E-state index is 11.1. The summed E-state index contributed by atoms with van der Waals surface area (Å²) < 4.78 is 7.22. The molecule has 0 aliphatic carbocycles. The molecule has 1 N–H and O–H groups in total. The average molecular weight is 257 g/mol. The molecule has 0 radical (unpaired) electrons. The quantitative estimate of drug-likeness (QED) is 0.729. The Labute approximate surface area is 103 Å². The Morgan fingerprint density at radius 2 is 2.59 bits per heavy atom. The lowest BCUT2D eigenvalue weighted by molar-refractivity contribution is -0.118. The van der Waals surface area contributed by atoms with Crippen LogP contribution in [0.3, 0.4) is 0 Å². The number of nitrogens with zero attached hydrogens (tertiary/aromatic N) is 4. The second-order valence-electron chi connectivity index (χ2n) is 3.74. The number of hydrogen-bond acceptors (Lipinski definition) is 6. The van der Waals surface area contributed by atoms with Gasteiger partial charge in [0, 0.05) is 13.7 Å². The Morgan fingerprint density at radius 3 is 3.29 bits per heavy atom. The number of tetrazole rings is 1. The number of nitrogens with one attached hydrogen (secondary N) is 1. The number of amides is 1. The average Bonchev–Trinajstić information content (AvgIpc) is 2.98. The maximum Gasteiger partial charge on any atom is 0.230 e. The van der Waals surface area contributed by atoms with Crippen LogP contribution in [0.25, 0.3) is 0 Å². The standard InChI is InChI=1S/C9H15N5O2S/c1-10-8(15)6-17-9-11-12-13-14(9)5-7-3-2-4-16-7/h7H,2-6H2,1H3,(H,10,15)/t7-/m1/s1. The monoisotopic (exact) mass is 257 g/mol. The van der Waals surface area contributed by atoms with E-state index >= 15 is 0 Å². The van der Waals surface area contributed by atoms with Crippen molar-refractivity contribution < 1.29 is 9.53 Å². The molecule has 2 heterocycles. The van der Waals surface area contributed by atoms with Crippen LogP contribution in [0, 0.1) is 0 Å². The van der Waals surface area contributed by atoms with Gasteiger partial charge in [-0.15, -0.1) is 5.10 Å². The van der Waals surface area contributed by atoms with E-state index in [-0.39, 0.29) is 12.0 Å². The molecule has 94 valence electrons. The van der Waals surface area contributed by atoms with E-state index in [9.17, 15) is 4.79 Å². The van der Waals surface area contributed by atoms with Gasteiger partial charge in [-0.2, -0.15) is 0 Å². The highest BCUT2D eigenvalue weighted by atomic mass is 32.2. The largest absolute Gasteiger partial charge is 0.376 e. The third kappa shape index (κ3) is 3.40. The summed E-state index contributed by atoms with van der Waals surface area (Å²) in [6.45, 7) is 1.47. The fourth-order valence-electron chi connectivity index (χ4n) is 1.60. The van der Waals surface area contributed by atoms with E-state index in [0.717, 1.165) is 19.4 Å². The van der Waals surface area contributed by atoms with Crippen molar-refractivity contribution in [2.45, 2.75) is 30.6 Å². The maximum atomic E-state index is 11.1. The van der Waals surface area contributed by atoms with Crippen molar-refractivity contribution in [1.29, 1.82) is 0 Å². The Morgan fingerprint density at radius 1 is 1.71 bits per heavy atom. The summed E-state index contributed by atoms with van der Waals surface area (Å²) in [5.74, 6) is 0.282. The van der Waals surface area contributed by atoms with Crippen molar-refractivity contribution in [3.8, 4) is 0 Å². The normalized spacial score (nSPS) is 19.5. The molecular weight excluding hydrogens is 242 g/mol. The van der Waals surface area contributed by atoms with Crippen LogP contribution in [0.15, 0.2) is 5.16 Å².